The largest absolute Gasteiger partial charge is 0.379 e. The fourth-order valence-corrected chi connectivity index (χ4v) is 3.38. The van der Waals surface area contributed by atoms with Gasteiger partial charge in [-0.2, -0.15) is 0 Å². The molecule has 1 aliphatic rings. The number of ether oxygens (including phenoxy) is 1. The molecule has 0 bridgehead atoms. The van der Waals surface area contributed by atoms with Gasteiger partial charge in [-0.05, 0) is 29.7 Å². The molecule has 0 spiro atoms. The monoisotopic (exact) mass is 371 g/mol. The summed E-state index contributed by atoms with van der Waals surface area (Å²) in [4.78, 5) is 19.1. The number of aromatic nitrogens is 1. The minimum absolute atomic E-state index is 0.0483. The molecule has 0 aliphatic carbocycles. The second-order valence-electron chi connectivity index (χ2n) is 6.89. The fraction of sp³-hybridized carbons (Fsp3) is 0.429. The van der Waals surface area contributed by atoms with E-state index in [2.05, 4.69) is 15.2 Å². The van der Waals surface area contributed by atoms with Crippen molar-refractivity contribution in [2.45, 2.75) is 19.4 Å². The van der Waals surface area contributed by atoms with Crippen molar-refractivity contribution in [3.8, 4) is 0 Å². The normalized spacial score (nSPS) is 17.3. The Morgan fingerprint density at radius 3 is 2.74 bits per heavy atom. The Kier molecular flexibility index (Phi) is 6.90. The van der Waals surface area contributed by atoms with Gasteiger partial charge in [0.05, 0.1) is 19.3 Å². The van der Waals surface area contributed by atoms with E-state index in [9.17, 15) is 9.18 Å². The van der Waals surface area contributed by atoms with Crippen LogP contribution in [0, 0.1) is 11.7 Å². The van der Waals surface area contributed by atoms with Crippen molar-refractivity contribution in [3.63, 3.8) is 0 Å². The summed E-state index contributed by atoms with van der Waals surface area (Å²) < 4.78 is 19.3. The maximum atomic E-state index is 13.8. The predicted molar refractivity (Wildman–Crippen MR) is 102 cm³/mol. The maximum Gasteiger partial charge on any atom is 0.223 e. The highest BCUT2D eigenvalue weighted by molar-refractivity contribution is 5.78. The number of morpholine rings is 1. The quantitative estimate of drug-likeness (QED) is 0.813. The number of pyridine rings is 1. The lowest BCUT2D eigenvalue weighted by atomic mass is 9.99. The van der Waals surface area contributed by atoms with Crippen LogP contribution >= 0.6 is 0 Å². The van der Waals surface area contributed by atoms with Crippen molar-refractivity contribution < 1.29 is 13.9 Å². The molecule has 1 aliphatic heterocycles. The average molecular weight is 371 g/mol. The zero-order chi connectivity index (χ0) is 19.1. The van der Waals surface area contributed by atoms with Gasteiger partial charge in [0, 0.05) is 37.9 Å². The molecule has 1 fully saturated rings. The molecule has 0 radical (unpaired) electrons. The highest BCUT2D eigenvalue weighted by Gasteiger charge is 2.24. The van der Waals surface area contributed by atoms with Crippen LogP contribution < -0.4 is 5.32 Å². The second kappa shape index (κ2) is 9.58. The molecule has 3 rings (SSSR count). The van der Waals surface area contributed by atoms with Crippen LogP contribution in [-0.4, -0.2) is 48.6 Å². The Labute approximate surface area is 159 Å². The van der Waals surface area contributed by atoms with Crippen molar-refractivity contribution >= 4 is 5.91 Å². The molecule has 2 atom stereocenters. The number of benzene rings is 1. The molecule has 2 unspecified atom stereocenters. The summed E-state index contributed by atoms with van der Waals surface area (Å²) in [6.07, 6.45) is 3.97. The topological polar surface area (TPSA) is 54.5 Å². The average Bonchev–Trinajstić information content (AvgIpc) is 2.71. The van der Waals surface area contributed by atoms with Gasteiger partial charge in [0.25, 0.3) is 0 Å². The van der Waals surface area contributed by atoms with Crippen molar-refractivity contribution in [1.82, 2.24) is 15.2 Å². The van der Waals surface area contributed by atoms with Gasteiger partial charge in [-0.3, -0.25) is 14.7 Å². The van der Waals surface area contributed by atoms with E-state index in [1.54, 1.807) is 24.4 Å². The minimum atomic E-state index is -0.305. The SMILES string of the molecule is CC(Cc1ccccc1F)C(=O)NCC(c1cccnc1)N1CCOCC1. The second-order valence-corrected chi connectivity index (χ2v) is 6.89. The predicted octanol–water partition coefficient (Wildman–Crippen LogP) is 2.59. The Balaban J connectivity index is 1.62. The Bertz CT molecular complexity index is 735. The smallest absolute Gasteiger partial charge is 0.223 e. The lowest BCUT2D eigenvalue weighted by Crippen LogP contribution is -2.44. The number of hydrogen-bond donors (Lipinski definition) is 1. The van der Waals surface area contributed by atoms with Crippen molar-refractivity contribution in [3.05, 3.63) is 65.7 Å². The molecule has 1 saturated heterocycles. The molecule has 144 valence electrons. The van der Waals surface area contributed by atoms with E-state index in [1.807, 2.05) is 25.3 Å². The van der Waals surface area contributed by atoms with Crippen LogP contribution in [0.15, 0.2) is 48.8 Å². The number of rotatable bonds is 7. The lowest BCUT2D eigenvalue weighted by Gasteiger charge is -2.35. The van der Waals surface area contributed by atoms with Crippen LogP contribution in [0.3, 0.4) is 0 Å². The molecule has 1 aromatic heterocycles. The van der Waals surface area contributed by atoms with Gasteiger partial charge in [0.1, 0.15) is 5.82 Å². The first kappa shape index (κ1) is 19.5. The summed E-state index contributed by atoms with van der Waals surface area (Å²) in [5, 5.41) is 3.05. The highest BCUT2D eigenvalue weighted by Crippen LogP contribution is 2.21. The van der Waals surface area contributed by atoms with Gasteiger partial charge >= 0.3 is 0 Å². The van der Waals surface area contributed by atoms with Crippen molar-refractivity contribution in [2.75, 3.05) is 32.8 Å². The van der Waals surface area contributed by atoms with Gasteiger partial charge in [-0.25, -0.2) is 4.39 Å². The van der Waals surface area contributed by atoms with Crippen LogP contribution in [0.2, 0.25) is 0 Å². The third-order valence-corrected chi connectivity index (χ3v) is 4.96. The summed E-state index contributed by atoms with van der Waals surface area (Å²) in [5.41, 5.74) is 1.64. The Hall–Kier alpha value is -2.31. The minimum Gasteiger partial charge on any atom is -0.379 e. The van der Waals surface area contributed by atoms with E-state index in [0.29, 0.717) is 31.7 Å². The summed E-state index contributed by atoms with van der Waals surface area (Å²) in [6, 6.07) is 10.6. The summed E-state index contributed by atoms with van der Waals surface area (Å²) in [6.45, 7) is 5.34. The number of nitrogens with zero attached hydrogens (tertiary/aromatic N) is 2. The first-order valence-corrected chi connectivity index (χ1v) is 9.38. The van der Waals surface area contributed by atoms with E-state index < -0.39 is 0 Å². The Morgan fingerprint density at radius 1 is 1.26 bits per heavy atom. The van der Waals surface area contributed by atoms with Crippen LogP contribution in [0.1, 0.15) is 24.1 Å². The first-order valence-electron chi connectivity index (χ1n) is 9.38. The zero-order valence-corrected chi connectivity index (χ0v) is 15.6. The molecule has 2 heterocycles. The molecule has 1 aromatic carbocycles. The van der Waals surface area contributed by atoms with E-state index in [1.165, 1.54) is 6.07 Å². The molecule has 2 aromatic rings. The van der Waals surface area contributed by atoms with E-state index in [-0.39, 0.29) is 23.7 Å². The van der Waals surface area contributed by atoms with Crippen molar-refractivity contribution in [1.29, 1.82) is 0 Å². The van der Waals surface area contributed by atoms with E-state index in [0.717, 1.165) is 18.7 Å². The number of hydrogen-bond acceptors (Lipinski definition) is 4. The first-order chi connectivity index (χ1) is 13.1. The third kappa shape index (κ3) is 5.34. The molecule has 5 nitrogen and oxygen atoms in total. The van der Waals surface area contributed by atoms with Gasteiger partial charge in [-0.15, -0.1) is 0 Å². The number of amides is 1. The summed E-state index contributed by atoms with van der Waals surface area (Å²) in [7, 11) is 0. The van der Waals surface area contributed by atoms with Crippen LogP contribution in [0.5, 0.6) is 0 Å². The molecule has 1 amide bonds. The zero-order valence-electron chi connectivity index (χ0n) is 15.6. The Morgan fingerprint density at radius 2 is 2.04 bits per heavy atom. The molecule has 0 saturated carbocycles. The lowest BCUT2D eigenvalue weighted by molar-refractivity contribution is -0.124. The van der Waals surface area contributed by atoms with Crippen molar-refractivity contribution in [2.24, 2.45) is 5.92 Å². The number of halogens is 1. The van der Waals surface area contributed by atoms with Gasteiger partial charge in [-0.1, -0.05) is 31.2 Å². The number of carbonyl (C=O) groups excluding carboxylic acids is 1. The number of carbonyl (C=O) groups is 1. The van der Waals surface area contributed by atoms with Crippen LogP contribution in [0.25, 0.3) is 0 Å². The third-order valence-electron chi connectivity index (χ3n) is 4.96. The summed E-state index contributed by atoms with van der Waals surface area (Å²) >= 11 is 0. The number of nitrogens with one attached hydrogen (secondary N) is 1. The van der Waals surface area contributed by atoms with Gasteiger partial charge in [0.2, 0.25) is 5.91 Å². The van der Waals surface area contributed by atoms with E-state index in [4.69, 9.17) is 4.74 Å². The fourth-order valence-electron chi connectivity index (χ4n) is 3.38. The van der Waals surface area contributed by atoms with Gasteiger partial charge < -0.3 is 10.1 Å². The highest BCUT2D eigenvalue weighted by atomic mass is 19.1. The molecule has 6 heteroatoms. The van der Waals surface area contributed by atoms with Crippen LogP contribution in [0.4, 0.5) is 4.39 Å². The molecule has 1 N–H and O–H groups in total. The van der Waals surface area contributed by atoms with Crippen LogP contribution in [-0.2, 0) is 16.0 Å². The molecule has 27 heavy (non-hydrogen) atoms. The maximum absolute atomic E-state index is 13.8. The van der Waals surface area contributed by atoms with E-state index >= 15 is 0 Å². The molecular weight excluding hydrogens is 345 g/mol. The standard InChI is InChI=1S/C21H26FN3O2/c1-16(13-17-5-2-3-7-19(17)22)21(26)24-15-20(18-6-4-8-23-14-18)25-9-11-27-12-10-25/h2-8,14,16,20H,9-13,15H2,1H3,(H,24,26). The summed E-state index contributed by atoms with van der Waals surface area (Å²) in [5.74, 6) is -0.639. The molecular formula is C21H26FN3O2. The van der Waals surface area contributed by atoms with Gasteiger partial charge in [0.15, 0.2) is 0 Å².